The zero-order valence-electron chi connectivity index (χ0n) is 20.5. The van der Waals surface area contributed by atoms with E-state index in [4.69, 9.17) is 9.47 Å². The quantitative estimate of drug-likeness (QED) is 0.123. The minimum Gasteiger partial charge on any atom is -0.494 e. The fraction of sp³-hybridized carbons (Fsp3) is 0.125. The lowest BCUT2D eigenvalue weighted by molar-refractivity contribution is 0.323. The molecule has 0 fully saturated rings. The van der Waals surface area contributed by atoms with Crippen LogP contribution >= 0.6 is 0 Å². The third kappa shape index (κ3) is 6.31. The molecule has 37 heavy (non-hydrogen) atoms. The highest BCUT2D eigenvalue weighted by Gasteiger charge is 2.14. The number of benzene rings is 4. The predicted molar refractivity (Wildman–Crippen MR) is 144 cm³/mol. The fourth-order valence-corrected chi connectivity index (χ4v) is 3.85. The van der Waals surface area contributed by atoms with Crippen molar-refractivity contribution in [1.29, 1.82) is 0 Å². The first kappa shape index (κ1) is 25.8. The van der Waals surface area contributed by atoms with Crippen LogP contribution in [0.4, 0.5) is 13.2 Å². The number of rotatable bonds is 10. The molecule has 0 aliphatic heterocycles. The van der Waals surface area contributed by atoms with E-state index in [0.29, 0.717) is 47.8 Å². The van der Waals surface area contributed by atoms with Gasteiger partial charge in [0.25, 0.3) is 0 Å². The molecule has 0 saturated carbocycles. The van der Waals surface area contributed by atoms with Gasteiger partial charge >= 0.3 is 0 Å². The van der Waals surface area contributed by atoms with Crippen LogP contribution in [-0.4, -0.2) is 13.2 Å². The maximum Gasteiger partial charge on any atom is 0.167 e. The Morgan fingerprint density at radius 1 is 0.703 bits per heavy atom. The highest BCUT2D eigenvalue weighted by Crippen LogP contribution is 2.30. The van der Waals surface area contributed by atoms with Crippen LogP contribution in [0.5, 0.6) is 11.5 Å². The summed E-state index contributed by atoms with van der Waals surface area (Å²) in [7, 11) is 0. The van der Waals surface area contributed by atoms with Gasteiger partial charge in [-0.05, 0) is 54.3 Å². The number of hydrogen-bond donors (Lipinski definition) is 0. The maximum atomic E-state index is 14.8. The highest BCUT2D eigenvalue weighted by atomic mass is 19.2. The van der Waals surface area contributed by atoms with Gasteiger partial charge in [-0.1, -0.05) is 66.8 Å². The third-order valence-corrected chi connectivity index (χ3v) is 5.80. The molecule has 0 bridgehead atoms. The molecule has 0 aromatic heterocycles. The average Bonchev–Trinajstić information content (AvgIpc) is 2.91. The minimum atomic E-state index is -0.920. The lowest BCUT2D eigenvalue weighted by Gasteiger charge is -2.09. The van der Waals surface area contributed by atoms with Gasteiger partial charge in [0.05, 0.1) is 13.2 Å². The van der Waals surface area contributed by atoms with Crippen molar-refractivity contribution >= 4 is 12.2 Å². The number of hydrogen-bond acceptors (Lipinski definition) is 2. The molecule has 0 spiro atoms. The van der Waals surface area contributed by atoms with Crippen LogP contribution in [0.2, 0.25) is 0 Å². The molecule has 0 aliphatic carbocycles. The summed E-state index contributed by atoms with van der Waals surface area (Å²) in [5.41, 5.74) is 2.79. The van der Waals surface area contributed by atoms with Crippen LogP contribution in [0.3, 0.4) is 0 Å². The van der Waals surface area contributed by atoms with Gasteiger partial charge in [0.2, 0.25) is 0 Å². The Morgan fingerprint density at radius 2 is 1.35 bits per heavy atom. The molecule has 0 saturated heterocycles. The molecule has 0 N–H and O–H groups in total. The molecule has 4 aromatic rings. The van der Waals surface area contributed by atoms with E-state index < -0.39 is 11.6 Å². The van der Waals surface area contributed by atoms with Gasteiger partial charge in [-0.15, -0.1) is 6.58 Å². The summed E-state index contributed by atoms with van der Waals surface area (Å²) in [4.78, 5) is 0. The van der Waals surface area contributed by atoms with Crippen molar-refractivity contribution in [3.8, 4) is 33.8 Å². The van der Waals surface area contributed by atoms with Crippen LogP contribution in [0, 0.1) is 17.5 Å². The van der Waals surface area contributed by atoms with Gasteiger partial charge in [-0.2, -0.15) is 0 Å². The zero-order valence-corrected chi connectivity index (χ0v) is 20.5. The van der Waals surface area contributed by atoms with Crippen LogP contribution in [0.15, 0.2) is 91.5 Å². The molecule has 188 valence electrons. The molecule has 0 radical (unpaired) electrons. The topological polar surface area (TPSA) is 18.5 Å². The SMILES string of the molecule is C=CCCOc1ccc(-c2ccc(/C=C/c3ccc(-c4ccc(OCC)cc4)c(F)c3F)cc2)c(F)c1. The van der Waals surface area contributed by atoms with Gasteiger partial charge in [0, 0.05) is 22.8 Å². The predicted octanol–water partition coefficient (Wildman–Crippen LogP) is 8.96. The van der Waals surface area contributed by atoms with Crippen molar-refractivity contribution in [1.82, 2.24) is 0 Å². The average molecular weight is 501 g/mol. The third-order valence-electron chi connectivity index (χ3n) is 5.80. The minimum absolute atomic E-state index is 0.134. The van der Waals surface area contributed by atoms with Crippen molar-refractivity contribution in [2.45, 2.75) is 13.3 Å². The van der Waals surface area contributed by atoms with Crippen LogP contribution < -0.4 is 9.47 Å². The van der Waals surface area contributed by atoms with E-state index in [1.807, 2.05) is 6.92 Å². The molecular formula is C32H27F3O2. The Kier molecular flexibility index (Phi) is 8.47. The Hall–Kier alpha value is -4.25. The largest absolute Gasteiger partial charge is 0.494 e. The molecule has 4 rings (SSSR count). The molecular weight excluding hydrogens is 473 g/mol. The van der Waals surface area contributed by atoms with Crippen molar-refractivity contribution in [2.75, 3.05) is 13.2 Å². The standard InChI is InChI=1S/C32H27F3O2/c1-3-5-20-37-27-17-19-28(30(33)21-27)23-9-6-22(7-10-23)8-11-25-14-18-29(32(35)31(25)34)24-12-15-26(16-13-24)36-4-2/h3,6-19,21H,1,4-5,20H2,2H3/b11-8+. The monoisotopic (exact) mass is 500 g/mol. The van der Waals surface area contributed by atoms with Crippen LogP contribution in [0.1, 0.15) is 24.5 Å². The summed E-state index contributed by atoms with van der Waals surface area (Å²) in [6.45, 7) is 6.49. The fourth-order valence-electron chi connectivity index (χ4n) is 3.85. The lowest BCUT2D eigenvalue weighted by Crippen LogP contribution is -1.96. The summed E-state index contributed by atoms with van der Waals surface area (Å²) >= 11 is 0. The molecule has 0 atom stereocenters. The van der Waals surface area contributed by atoms with Gasteiger partial charge in [-0.25, -0.2) is 13.2 Å². The Morgan fingerprint density at radius 3 is 2.03 bits per heavy atom. The van der Waals surface area contributed by atoms with E-state index in [1.165, 1.54) is 12.1 Å². The van der Waals surface area contributed by atoms with Crippen molar-refractivity contribution in [3.63, 3.8) is 0 Å². The lowest BCUT2D eigenvalue weighted by atomic mass is 10.0. The second-order valence-corrected chi connectivity index (χ2v) is 8.31. The Bertz CT molecular complexity index is 1390. The summed E-state index contributed by atoms with van der Waals surface area (Å²) in [5, 5.41) is 0. The Labute approximate surface area is 215 Å². The van der Waals surface area contributed by atoms with E-state index >= 15 is 0 Å². The molecule has 2 nitrogen and oxygen atoms in total. The normalized spacial score (nSPS) is 11.0. The maximum absolute atomic E-state index is 14.8. The molecule has 0 heterocycles. The zero-order chi connectivity index (χ0) is 26.2. The number of halogens is 3. The smallest absolute Gasteiger partial charge is 0.167 e. The summed E-state index contributed by atoms with van der Waals surface area (Å²) < 4.78 is 55.1. The summed E-state index contributed by atoms with van der Waals surface area (Å²) in [5.74, 6) is -1.08. The van der Waals surface area contributed by atoms with E-state index in [2.05, 4.69) is 6.58 Å². The Balaban J connectivity index is 1.47. The number of ether oxygens (including phenoxy) is 2. The highest BCUT2D eigenvalue weighted by molar-refractivity contribution is 5.74. The van der Waals surface area contributed by atoms with E-state index in [1.54, 1.807) is 84.9 Å². The van der Waals surface area contributed by atoms with Gasteiger partial charge in [-0.3, -0.25) is 0 Å². The van der Waals surface area contributed by atoms with Crippen LogP contribution in [-0.2, 0) is 0 Å². The van der Waals surface area contributed by atoms with Crippen molar-refractivity contribution in [3.05, 3.63) is 120 Å². The van der Waals surface area contributed by atoms with Crippen molar-refractivity contribution < 1.29 is 22.6 Å². The van der Waals surface area contributed by atoms with Gasteiger partial charge in [0.15, 0.2) is 11.6 Å². The van der Waals surface area contributed by atoms with Gasteiger partial charge in [0.1, 0.15) is 17.3 Å². The summed E-state index contributed by atoms with van der Waals surface area (Å²) in [6, 6.07) is 21.9. The van der Waals surface area contributed by atoms with Gasteiger partial charge < -0.3 is 9.47 Å². The van der Waals surface area contributed by atoms with Crippen LogP contribution in [0.25, 0.3) is 34.4 Å². The molecule has 5 heteroatoms. The molecule has 0 amide bonds. The second-order valence-electron chi connectivity index (χ2n) is 8.31. The van der Waals surface area contributed by atoms with Crippen molar-refractivity contribution in [2.24, 2.45) is 0 Å². The van der Waals surface area contributed by atoms with E-state index in [0.717, 1.165) is 5.56 Å². The summed E-state index contributed by atoms with van der Waals surface area (Å²) in [6.07, 6.45) is 5.63. The van der Waals surface area contributed by atoms with E-state index in [9.17, 15) is 13.2 Å². The second kappa shape index (κ2) is 12.1. The first-order valence-corrected chi connectivity index (χ1v) is 12.0. The molecule has 0 aliphatic rings. The molecule has 4 aromatic carbocycles. The first-order chi connectivity index (χ1) is 18.0. The van der Waals surface area contributed by atoms with E-state index in [-0.39, 0.29) is 16.9 Å². The molecule has 0 unspecified atom stereocenters. The first-order valence-electron chi connectivity index (χ1n) is 12.0.